The summed E-state index contributed by atoms with van der Waals surface area (Å²) in [5.74, 6) is 0.0568. The maximum Gasteiger partial charge on any atom is 0.305 e. The van der Waals surface area contributed by atoms with E-state index >= 15 is 0 Å². The van der Waals surface area contributed by atoms with Crippen molar-refractivity contribution in [2.24, 2.45) is 11.8 Å². The molecule has 2 heterocycles. The average molecular weight is 372 g/mol. The number of hydrogen-bond donors (Lipinski definition) is 0. The largest absolute Gasteiger partial charge is 0.469 e. The quantitative estimate of drug-likeness (QED) is 0.745. The van der Waals surface area contributed by atoms with Crippen molar-refractivity contribution in [2.45, 2.75) is 45.7 Å². The normalized spacial score (nSPS) is 18.6. The number of ether oxygens (including phenoxy) is 1. The van der Waals surface area contributed by atoms with Gasteiger partial charge in [-0.2, -0.15) is 0 Å². The van der Waals surface area contributed by atoms with Crippen molar-refractivity contribution in [1.29, 1.82) is 0 Å². The topological polar surface area (TPSA) is 66.9 Å². The van der Waals surface area contributed by atoms with E-state index in [1.54, 1.807) is 4.90 Å². The number of nitrogens with zero attached hydrogens (tertiary/aromatic N) is 2. The van der Waals surface area contributed by atoms with Crippen LogP contribution in [0.2, 0.25) is 0 Å². The Morgan fingerprint density at radius 2 is 1.85 bits per heavy atom. The van der Waals surface area contributed by atoms with Crippen LogP contribution in [0.25, 0.3) is 0 Å². The second kappa shape index (κ2) is 8.11. The van der Waals surface area contributed by atoms with E-state index in [9.17, 15) is 14.4 Å². The molecule has 1 atom stereocenters. The zero-order valence-electron chi connectivity index (χ0n) is 16.3. The van der Waals surface area contributed by atoms with Gasteiger partial charge >= 0.3 is 5.97 Å². The standard InChI is InChI=1S/C21H28N2O4/c1-14(2)19(23-13-16-6-4-5-7-17(16)20(23)25)21(26)22-10-8-15(9-11-22)12-18(24)27-3/h4-7,14-15,19H,8-13H2,1-3H3/t19-/m1/s1. The summed E-state index contributed by atoms with van der Waals surface area (Å²) < 4.78 is 4.74. The highest BCUT2D eigenvalue weighted by Gasteiger charge is 2.40. The second-order valence-corrected chi connectivity index (χ2v) is 7.83. The summed E-state index contributed by atoms with van der Waals surface area (Å²) in [4.78, 5) is 41.1. The van der Waals surface area contributed by atoms with Gasteiger partial charge in [-0.1, -0.05) is 32.0 Å². The molecule has 6 nitrogen and oxygen atoms in total. The first-order valence-corrected chi connectivity index (χ1v) is 9.66. The first kappa shape index (κ1) is 19.4. The molecule has 0 aromatic heterocycles. The molecule has 0 bridgehead atoms. The van der Waals surface area contributed by atoms with Gasteiger partial charge in [0.1, 0.15) is 6.04 Å². The van der Waals surface area contributed by atoms with E-state index in [1.165, 1.54) is 7.11 Å². The van der Waals surface area contributed by atoms with E-state index in [1.807, 2.05) is 43.0 Å². The molecule has 1 aromatic rings. The number of carbonyl (C=O) groups is 3. The predicted molar refractivity (Wildman–Crippen MR) is 101 cm³/mol. The van der Waals surface area contributed by atoms with Gasteiger partial charge in [0.25, 0.3) is 5.91 Å². The van der Waals surface area contributed by atoms with Gasteiger partial charge in [0.2, 0.25) is 5.91 Å². The summed E-state index contributed by atoms with van der Waals surface area (Å²) in [6.45, 7) is 5.71. The molecule has 2 aliphatic heterocycles. The number of methoxy groups -OCH3 is 1. The zero-order valence-corrected chi connectivity index (χ0v) is 16.3. The SMILES string of the molecule is COC(=O)CC1CCN(C(=O)[C@@H](C(C)C)N2Cc3ccccc3C2=O)CC1. The summed E-state index contributed by atoms with van der Waals surface area (Å²) in [5, 5.41) is 0. The van der Waals surface area contributed by atoms with E-state index in [-0.39, 0.29) is 29.6 Å². The number of hydrogen-bond acceptors (Lipinski definition) is 4. The molecular formula is C21H28N2O4. The molecule has 1 aromatic carbocycles. The monoisotopic (exact) mass is 372 g/mol. The molecule has 146 valence electrons. The maximum atomic E-state index is 13.2. The van der Waals surface area contributed by atoms with Crippen molar-refractivity contribution < 1.29 is 19.1 Å². The lowest BCUT2D eigenvalue weighted by atomic mass is 9.92. The maximum absolute atomic E-state index is 13.2. The molecule has 27 heavy (non-hydrogen) atoms. The Labute approximate surface area is 160 Å². The van der Waals surface area contributed by atoms with Gasteiger partial charge in [0.05, 0.1) is 7.11 Å². The Balaban J connectivity index is 1.67. The first-order valence-electron chi connectivity index (χ1n) is 9.66. The van der Waals surface area contributed by atoms with Crippen LogP contribution in [0, 0.1) is 11.8 Å². The number of carbonyl (C=O) groups excluding carboxylic acids is 3. The molecule has 3 rings (SSSR count). The number of esters is 1. The molecule has 0 saturated carbocycles. The van der Waals surface area contributed by atoms with Crippen molar-refractivity contribution >= 4 is 17.8 Å². The minimum absolute atomic E-state index is 0.0164. The molecule has 2 aliphatic rings. The molecule has 2 amide bonds. The van der Waals surface area contributed by atoms with Gasteiger partial charge in [0, 0.05) is 31.6 Å². The van der Waals surface area contributed by atoms with Crippen LogP contribution in [0.15, 0.2) is 24.3 Å². The van der Waals surface area contributed by atoms with Crippen LogP contribution in [0.4, 0.5) is 0 Å². The third-order valence-electron chi connectivity index (χ3n) is 5.68. The van der Waals surface area contributed by atoms with Gasteiger partial charge < -0.3 is 14.5 Å². The number of likely N-dealkylation sites (tertiary alicyclic amines) is 1. The molecule has 6 heteroatoms. The van der Waals surface area contributed by atoms with Crippen LogP contribution in [0.1, 0.15) is 49.0 Å². The number of benzene rings is 1. The summed E-state index contributed by atoms with van der Waals surface area (Å²) in [5.41, 5.74) is 1.69. The molecule has 0 N–H and O–H groups in total. The van der Waals surface area contributed by atoms with Crippen LogP contribution in [0.5, 0.6) is 0 Å². The number of fused-ring (bicyclic) bond motifs is 1. The number of rotatable bonds is 5. The van der Waals surface area contributed by atoms with Gasteiger partial charge in [-0.25, -0.2) is 0 Å². The minimum atomic E-state index is -0.456. The Morgan fingerprint density at radius 3 is 2.44 bits per heavy atom. The fourth-order valence-electron chi connectivity index (χ4n) is 4.14. The molecule has 0 unspecified atom stereocenters. The summed E-state index contributed by atoms with van der Waals surface area (Å²) in [7, 11) is 1.40. The first-order chi connectivity index (χ1) is 12.9. The molecule has 0 spiro atoms. The lowest BCUT2D eigenvalue weighted by molar-refractivity contribution is -0.142. The van der Waals surface area contributed by atoms with Crippen LogP contribution in [-0.2, 0) is 20.9 Å². The van der Waals surface area contributed by atoms with Crippen LogP contribution in [-0.4, -0.2) is 53.8 Å². The van der Waals surface area contributed by atoms with Crippen LogP contribution < -0.4 is 0 Å². The van der Waals surface area contributed by atoms with Gasteiger partial charge in [-0.3, -0.25) is 14.4 Å². The van der Waals surface area contributed by atoms with Crippen LogP contribution in [0.3, 0.4) is 0 Å². The molecule has 1 fully saturated rings. The average Bonchev–Trinajstić information content (AvgIpc) is 2.98. The number of amides is 2. The fraction of sp³-hybridized carbons (Fsp3) is 0.571. The van der Waals surface area contributed by atoms with Gasteiger partial charge in [0.15, 0.2) is 0 Å². The molecule has 0 radical (unpaired) electrons. The second-order valence-electron chi connectivity index (χ2n) is 7.83. The Bertz CT molecular complexity index is 723. The Hall–Kier alpha value is -2.37. The van der Waals surface area contributed by atoms with Crippen molar-refractivity contribution in [3.63, 3.8) is 0 Å². The Kier molecular flexibility index (Phi) is 5.82. The highest BCUT2D eigenvalue weighted by molar-refractivity contribution is 6.01. The smallest absolute Gasteiger partial charge is 0.305 e. The van der Waals surface area contributed by atoms with Crippen molar-refractivity contribution in [3.05, 3.63) is 35.4 Å². The molecular weight excluding hydrogens is 344 g/mol. The van der Waals surface area contributed by atoms with E-state index in [2.05, 4.69) is 0 Å². The highest BCUT2D eigenvalue weighted by Crippen LogP contribution is 2.29. The highest BCUT2D eigenvalue weighted by atomic mass is 16.5. The third-order valence-corrected chi connectivity index (χ3v) is 5.68. The summed E-state index contributed by atoms with van der Waals surface area (Å²) in [6.07, 6.45) is 1.99. The zero-order chi connectivity index (χ0) is 19.6. The van der Waals surface area contributed by atoms with Crippen LogP contribution >= 0.6 is 0 Å². The van der Waals surface area contributed by atoms with E-state index in [0.717, 1.165) is 18.4 Å². The fourth-order valence-corrected chi connectivity index (χ4v) is 4.14. The summed E-state index contributed by atoms with van der Waals surface area (Å²) >= 11 is 0. The van der Waals surface area contributed by atoms with E-state index < -0.39 is 6.04 Å². The van der Waals surface area contributed by atoms with E-state index in [4.69, 9.17) is 4.74 Å². The predicted octanol–water partition coefficient (Wildman–Crippen LogP) is 2.47. The summed E-state index contributed by atoms with van der Waals surface area (Å²) in [6, 6.07) is 7.11. The number of piperidine rings is 1. The lowest BCUT2D eigenvalue weighted by Crippen LogP contribution is -2.53. The lowest BCUT2D eigenvalue weighted by Gasteiger charge is -2.38. The van der Waals surface area contributed by atoms with Gasteiger partial charge in [-0.05, 0) is 36.3 Å². The Morgan fingerprint density at radius 1 is 1.19 bits per heavy atom. The minimum Gasteiger partial charge on any atom is -0.469 e. The third kappa shape index (κ3) is 3.99. The van der Waals surface area contributed by atoms with Crippen molar-refractivity contribution in [3.8, 4) is 0 Å². The van der Waals surface area contributed by atoms with Crippen molar-refractivity contribution in [2.75, 3.05) is 20.2 Å². The molecule has 1 saturated heterocycles. The van der Waals surface area contributed by atoms with Gasteiger partial charge in [-0.15, -0.1) is 0 Å². The van der Waals surface area contributed by atoms with E-state index in [0.29, 0.717) is 31.6 Å². The van der Waals surface area contributed by atoms with Crippen molar-refractivity contribution in [1.82, 2.24) is 9.80 Å². The molecule has 0 aliphatic carbocycles.